The van der Waals surface area contributed by atoms with Crippen molar-refractivity contribution < 1.29 is 9.53 Å². The predicted octanol–water partition coefficient (Wildman–Crippen LogP) is 2.50. The lowest BCUT2D eigenvalue weighted by atomic mass is 10.1. The monoisotopic (exact) mass is 245 g/mol. The molecule has 15 heavy (non-hydrogen) atoms. The van der Waals surface area contributed by atoms with Crippen molar-refractivity contribution in [3.63, 3.8) is 0 Å². The third-order valence-electron chi connectivity index (χ3n) is 2.42. The standard InChI is InChI=1S/C10H9Cl2NO2/c1-15-10(14)8-4-5-7(13-8)3-2-6(11)9(5)12/h2-3,8,13H,4H2,1H3/t8-/m1/s1. The first kappa shape index (κ1) is 10.6. The van der Waals surface area contributed by atoms with E-state index in [1.807, 2.05) is 6.07 Å². The average Bonchev–Trinajstić information content (AvgIpc) is 2.67. The fraction of sp³-hybridized carbons (Fsp3) is 0.300. The number of hydrogen-bond donors (Lipinski definition) is 1. The predicted molar refractivity (Wildman–Crippen MR) is 59.6 cm³/mol. The van der Waals surface area contributed by atoms with Crippen LogP contribution in [-0.4, -0.2) is 19.1 Å². The average molecular weight is 246 g/mol. The molecule has 80 valence electrons. The SMILES string of the molecule is COC(=O)[C@H]1Cc2c(ccc(Cl)c2Cl)N1. The maximum absolute atomic E-state index is 11.3. The number of hydrogen-bond acceptors (Lipinski definition) is 3. The highest BCUT2D eigenvalue weighted by Gasteiger charge is 2.29. The maximum Gasteiger partial charge on any atom is 0.328 e. The molecule has 0 aliphatic carbocycles. The molecule has 3 nitrogen and oxygen atoms in total. The number of rotatable bonds is 1. The first-order chi connectivity index (χ1) is 7.13. The second-order valence-corrected chi connectivity index (χ2v) is 4.10. The minimum Gasteiger partial charge on any atom is -0.467 e. The highest BCUT2D eigenvalue weighted by molar-refractivity contribution is 6.42. The molecule has 5 heteroatoms. The molecule has 1 aliphatic heterocycles. The number of halogens is 2. The van der Waals surface area contributed by atoms with Gasteiger partial charge in [0.25, 0.3) is 0 Å². The quantitative estimate of drug-likeness (QED) is 0.773. The van der Waals surface area contributed by atoms with Crippen LogP contribution in [0.4, 0.5) is 5.69 Å². The molecule has 1 atom stereocenters. The van der Waals surface area contributed by atoms with Crippen molar-refractivity contribution in [2.45, 2.75) is 12.5 Å². The Bertz CT molecular complexity index is 420. The summed E-state index contributed by atoms with van der Waals surface area (Å²) in [4.78, 5) is 11.3. The minimum atomic E-state index is -0.360. The molecule has 0 saturated carbocycles. The van der Waals surface area contributed by atoms with Crippen LogP contribution in [-0.2, 0) is 16.0 Å². The van der Waals surface area contributed by atoms with Crippen LogP contribution in [0.25, 0.3) is 0 Å². The molecule has 1 aromatic rings. The molecule has 1 heterocycles. The number of ether oxygens (including phenoxy) is 1. The van der Waals surface area contributed by atoms with Crippen LogP contribution in [0.3, 0.4) is 0 Å². The number of carbonyl (C=O) groups excluding carboxylic acids is 1. The van der Waals surface area contributed by atoms with E-state index in [2.05, 4.69) is 10.1 Å². The number of benzene rings is 1. The third-order valence-corrected chi connectivity index (χ3v) is 3.26. The highest BCUT2D eigenvalue weighted by atomic mass is 35.5. The summed E-state index contributed by atoms with van der Waals surface area (Å²) in [6.45, 7) is 0. The third kappa shape index (κ3) is 1.77. The Labute approximate surface area is 97.3 Å². The summed E-state index contributed by atoms with van der Waals surface area (Å²) in [5, 5.41) is 4.05. The molecule has 0 bridgehead atoms. The largest absolute Gasteiger partial charge is 0.467 e. The van der Waals surface area contributed by atoms with E-state index < -0.39 is 0 Å². The van der Waals surface area contributed by atoms with Crippen LogP contribution >= 0.6 is 23.2 Å². The number of esters is 1. The van der Waals surface area contributed by atoms with Crippen LogP contribution in [0, 0.1) is 0 Å². The molecule has 1 N–H and O–H groups in total. The van der Waals surface area contributed by atoms with E-state index in [-0.39, 0.29) is 12.0 Å². The lowest BCUT2D eigenvalue weighted by Crippen LogP contribution is -2.27. The molecule has 1 aliphatic rings. The molecule has 1 aromatic carbocycles. The van der Waals surface area contributed by atoms with Gasteiger partial charge in [0, 0.05) is 12.1 Å². The van der Waals surface area contributed by atoms with E-state index >= 15 is 0 Å². The van der Waals surface area contributed by atoms with Gasteiger partial charge >= 0.3 is 5.97 Å². The Hall–Kier alpha value is -0.930. The van der Waals surface area contributed by atoms with Crippen LogP contribution < -0.4 is 5.32 Å². The van der Waals surface area contributed by atoms with Gasteiger partial charge in [-0.25, -0.2) is 4.79 Å². The molecule has 0 aromatic heterocycles. The number of anilines is 1. The fourth-order valence-electron chi connectivity index (χ4n) is 1.65. The van der Waals surface area contributed by atoms with Gasteiger partial charge in [0.2, 0.25) is 0 Å². The summed E-state index contributed by atoms with van der Waals surface area (Å²) >= 11 is 11.9. The molecule has 0 fully saturated rings. The molecule has 0 saturated heterocycles. The lowest BCUT2D eigenvalue weighted by molar-refractivity contribution is -0.141. The Kier molecular flexibility index (Phi) is 2.76. The Morgan fingerprint density at radius 1 is 1.53 bits per heavy atom. The molecule has 0 amide bonds. The van der Waals surface area contributed by atoms with Crippen molar-refractivity contribution in [2.75, 3.05) is 12.4 Å². The summed E-state index contributed by atoms with van der Waals surface area (Å²) in [7, 11) is 1.36. The Morgan fingerprint density at radius 2 is 2.27 bits per heavy atom. The van der Waals surface area contributed by atoms with Crippen LogP contribution in [0.15, 0.2) is 12.1 Å². The minimum absolute atomic E-state index is 0.293. The second kappa shape index (κ2) is 3.91. The number of fused-ring (bicyclic) bond motifs is 1. The van der Waals surface area contributed by atoms with Gasteiger partial charge in [-0.05, 0) is 17.7 Å². The van der Waals surface area contributed by atoms with Crippen LogP contribution in [0.2, 0.25) is 10.0 Å². The van der Waals surface area contributed by atoms with Crippen LogP contribution in [0.5, 0.6) is 0 Å². The van der Waals surface area contributed by atoms with Gasteiger partial charge in [-0.2, -0.15) is 0 Å². The smallest absolute Gasteiger partial charge is 0.328 e. The van der Waals surface area contributed by atoms with Gasteiger partial charge in [0.05, 0.1) is 17.2 Å². The normalized spacial score (nSPS) is 18.2. The number of nitrogens with one attached hydrogen (secondary N) is 1. The zero-order valence-electron chi connectivity index (χ0n) is 8.01. The van der Waals surface area contributed by atoms with Crippen molar-refractivity contribution in [1.82, 2.24) is 0 Å². The summed E-state index contributed by atoms with van der Waals surface area (Å²) in [6.07, 6.45) is 0.515. The summed E-state index contributed by atoms with van der Waals surface area (Å²) in [6, 6.07) is 3.16. The molecule has 2 rings (SSSR count). The highest BCUT2D eigenvalue weighted by Crippen LogP contribution is 2.36. The first-order valence-corrected chi connectivity index (χ1v) is 5.20. The van der Waals surface area contributed by atoms with E-state index in [9.17, 15) is 4.79 Å². The van der Waals surface area contributed by atoms with Gasteiger partial charge in [-0.3, -0.25) is 0 Å². The summed E-state index contributed by atoms with van der Waals surface area (Å²) < 4.78 is 4.66. The van der Waals surface area contributed by atoms with Gasteiger partial charge in [-0.15, -0.1) is 0 Å². The van der Waals surface area contributed by atoms with Crippen molar-refractivity contribution in [1.29, 1.82) is 0 Å². The lowest BCUT2D eigenvalue weighted by Gasteiger charge is -2.07. The first-order valence-electron chi connectivity index (χ1n) is 4.44. The molecule has 0 unspecified atom stereocenters. The van der Waals surface area contributed by atoms with Crippen molar-refractivity contribution in [2.24, 2.45) is 0 Å². The summed E-state index contributed by atoms with van der Waals surface area (Å²) in [5.74, 6) is -0.293. The van der Waals surface area contributed by atoms with Crippen LogP contribution in [0.1, 0.15) is 5.56 Å². The second-order valence-electron chi connectivity index (χ2n) is 3.31. The van der Waals surface area contributed by atoms with E-state index in [1.54, 1.807) is 6.07 Å². The van der Waals surface area contributed by atoms with E-state index in [0.29, 0.717) is 16.5 Å². The molecule has 0 spiro atoms. The Balaban J connectivity index is 2.31. The van der Waals surface area contributed by atoms with E-state index in [1.165, 1.54) is 7.11 Å². The van der Waals surface area contributed by atoms with Gasteiger partial charge in [0.1, 0.15) is 6.04 Å². The maximum atomic E-state index is 11.3. The van der Waals surface area contributed by atoms with Crippen molar-refractivity contribution in [3.8, 4) is 0 Å². The number of methoxy groups -OCH3 is 1. The molecular weight excluding hydrogens is 237 g/mol. The van der Waals surface area contributed by atoms with Gasteiger partial charge in [0.15, 0.2) is 0 Å². The zero-order chi connectivity index (χ0) is 11.0. The number of carbonyl (C=O) groups is 1. The van der Waals surface area contributed by atoms with E-state index in [4.69, 9.17) is 23.2 Å². The molecular formula is C10H9Cl2NO2. The fourth-order valence-corrected chi connectivity index (χ4v) is 2.07. The van der Waals surface area contributed by atoms with Gasteiger partial charge < -0.3 is 10.1 Å². The molecule has 0 radical (unpaired) electrons. The van der Waals surface area contributed by atoms with Crippen molar-refractivity contribution >= 4 is 34.9 Å². The summed E-state index contributed by atoms with van der Waals surface area (Å²) in [5.41, 5.74) is 1.72. The topological polar surface area (TPSA) is 38.3 Å². The van der Waals surface area contributed by atoms with Crippen molar-refractivity contribution in [3.05, 3.63) is 27.7 Å². The Morgan fingerprint density at radius 3 is 2.93 bits per heavy atom. The van der Waals surface area contributed by atoms with Gasteiger partial charge in [-0.1, -0.05) is 23.2 Å². The van der Waals surface area contributed by atoms with E-state index in [0.717, 1.165) is 11.3 Å². The zero-order valence-corrected chi connectivity index (χ0v) is 9.52.